The van der Waals surface area contributed by atoms with Gasteiger partial charge in [0.05, 0.1) is 23.4 Å². The van der Waals surface area contributed by atoms with E-state index < -0.39 is 11.9 Å². The molecule has 0 saturated heterocycles. The fraction of sp³-hybridized carbons (Fsp3) is 0.471. The summed E-state index contributed by atoms with van der Waals surface area (Å²) in [6, 6.07) is 0. The van der Waals surface area contributed by atoms with Crippen LogP contribution in [0.1, 0.15) is 44.1 Å². The average Bonchev–Trinajstić information content (AvgIpc) is 3.14. The molecular weight excluding hydrogens is 378 g/mol. The molecule has 3 rings (SSSR count). The molecule has 0 aromatic carbocycles. The fourth-order valence-corrected chi connectivity index (χ4v) is 4.51. The van der Waals surface area contributed by atoms with Gasteiger partial charge in [0.1, 0.15) is 17.3 Å². The van der Waals surface area contributed by atoms with E-state index in [-0.39, 0.29) is 17.3 Å². The molecule has 9 heteroatoms. The van der Waals surface area contributed by atoms with Crippen molar-refractivity contribution in [1.82, 2.24) is 9.78 Å². The molecule has 1 N–H and O–H groups in total. The summed E-state index contributed by atoms with van der Waals surface area (Å²) in [6.45, 7) is 0.491. The minimum absolute atomic E-state index is 0.168. The van der Waals surface area contributed by atoms with Gasteiger partial charge in [-0.3, -0.25) is 9.48 Å². The molecule has 2 aromatic heterocycles. The second-order valence-electron chi connectivity index (χ2n) is 5.96. The van der Waals surface area contributed by atoms with Gasteiger partial charge < -0.3 is 14.8 Å². The number of nitrogens with zero attached hydrogens (tertiary/aromatic N) is 2. The topological polar surface area (TPSA) is 82.4 Å². The van der Waals surface area contributed by atoms with E-state index >= 15 is 0 Å². The first-order valence-corrected chi connectivity index (χ1v) is 9.51. The number of ether oxygens (including phenoxy) is 2. The Morgan fingerprint density at radius 1 is 1.35 bits per heavy atom. The smallest absolute Gasteiger partial charge is 0.341 e. The third-order valence-corrected chi connectivity index (χ3v) is 5.72. The molecule has 0 radical (unpaired) electrons. The number of carbonyl (C=O) groups is 2. The van der Waals surface area contributed by atoms with Gasteiger partial charge in [0.15, 0.2) is 0 Å². The number of hydrogen-bond donors (Lipinski definition) is 1. The van der Waals surface area contributed by atoms with E-state index in [0.717, 1.165) is 36.1 Å². The van der Waals surface area contributed by atoms with Crippen LogP contribution in [0.3, 0.4) is 0 Å². The molecule has 1 aliphatic rings. The van der Waals surface area contributed by atoms with Crippen molar-refractivity contribution in [3.63, 3.8) is 0 Å². The molecule has 1 aliphatic carbocycles. The van der Waals surface area contributed by atoms with Crippen molar-refractivity contribution in [3.05, 3.63) is 32.9 Å². The van der Waals surface area contributed by atoms with Crippen molar-refractivity contribution in [1.29, 1.82) is 0 Å². The average molecular weight is 398 g/mol. The number of rotatable bonds is 6. The van der Waals surface area contributed by atoms with Gasteiger partial charge >= 0.3 is 5.97 Å². The lowest BCUT2D eigenvalue weighted by atomic mass is 9.95. The lowest BCUT2D eigenvalue weighted by Gasteiger charge is -2.13. The first kappa shape index (κ1) is 18.9. The lowest BCUT2D eigenvalue weighted by Crippen LogP contribution is -2.19. The molecule has 2 aromatic rings. The number of aromatic nitrogens is 2. The van der Waals surface area contributed by atoms with Crippen LogP contribution >= 0.6 is 22.9 Å². The number of hydrogen-bond acceptors (Lipinski definition) is 6. The second-order valence-corrected chi connectivity index (χ2v) is 7.47. The van der Waals surface area contributed by atoms with Crippen molar-refractivity contribution in [3.8, 4) is 0 Å². The van der Waals surface area contributed by atoms with Crippen LogP contribution in [0.2, 0.25) is 5.02 Å². The van der Waals surface area contributed by atoms with E-state index in [1.54, 1.807) is 14.2 Å². The monoisotopic (exact) mass is 397 g/mol. The fourth-order valence-electron chi connectivity index (χ4n) is 2.99. The standard InChI is InChI=1S/C17H20ClN3O4S/c1-21-14(11(18)9-19-21)15(22)20-16-13(17(23)25-8-7-24-2)10-5-3-4-6-12(10)26-16/h9H,3-8H2,1-2H3,(H,20,22). The SMILES string of the molecule is COCCOC(=O)c1c(NC(=O)c2c(Cl)cnn2C)sc2c1CCCC2. The Morgan fingerprint density at radius 3 is 2.81 bits per heavy atom. The highest BCUT2D eigenvalue weighted by molar-refractivity contribution is 7.17. The highest BCUT2D eigenvalue weighted by Crippen LogP contribution is 2.39. The summed E-state index contributed by atoms with van der Waals surface area (Å²) in [5, 5.41) is 7.56. The summed E-state index contributed by atoms with van der Waals surface area (Å²) in [4.78, 5) is 26.4. The molecule has 0 unspecified atom stereocenters. The van der Waals surface area contributed by atoms with Gasteiger partial charge in [-0.15, -0.1) is 11.3 Å². The number of nitrogens with one attached hydrogen (secondary N) is 1. The van der Waals surface area contributed by atoms with Crippen LogP contribution in [0.4, 0.5) is 5.00 Å². The summed E-state index contributed by atoms with van der Waals surface area (Å²) in [5.74, 6) is -0.840. The van der Waals surface area contributed by atoms with Gasteiger partial charge in [0.2, 0.25) is 0 Å². The maximum atomic E-state index is 12.6. The predicted octanol–water partition coefficient (Wildman–Crippen LogP) is 3.07. The van der Waals surface area contributed by atoms with Crippen LogP contribution in [-0.2, 0) is 29.4 Å². The first-order valence-electron chi connectivity index (χ1n) is 8.32. The van der Waals surface area contributed by atoms with E-state index in [4.69, 9.17) is 21.1 Å². The number of halogens is 1. The third kappa shape index (κ3) is 3.77. The van der Waals surface area contributed by atoms with E-state index in [9.17, 15) is 9.59 Å². The zero-order valence-corrected chi connectivity index (χ0v) is 16.2. The van der Waals surface area contributed by atoms with Crippen LogP contribution in [-0.4, -0.2) is 42.0 Å². The summed E-state index contributed by atoms with van der Waals surface area (Å²) >= 11 is 7.48. The molecular formula is C17H20ClN3O4S. The Balaban J connectivity index is 1.89. The molecule has 0 saturated carbocycles. The van der Waals surface area contributed by atoms with Crippen LogP contribution < -0.4 is 5.32 Å². The van der Waals surface area contributed by atoms with Crippen LogP contribution in [0.5, 0.6) is 0 Å². The molecule has 1 amide bonds. The Bertz CT molecular complexity index is 811. The maximum absolute atomic E-state index is 12.6. The summed E-state index contributed by atoms with van der Waals surface area (Å²) in [6.07, 6.45) is 5.22. The number of amides is 1. The molecule has 26 heavy (non-hydrogen) atoms. The number of esters is 1. The second kappa shape index (κ2) is 8.20. The number of anilines is 1. The Hall–Kier alpha value is -1.90. The quantitative estimate of drug-likeness (QED) is 0.598. The summed E-state index contributed by atoms with van der Waals surface area (Å²) < 4.78 is 11.6. The Kier molecular flexibility index (Phi) is 5.95. The van der Waals surface area contributed by atoms with E-state index in [0.29, 0.717) is 17.2 Å². The van der Waals surface area contributed by atoms with Crippen LogP contribution in [0.25, 0.3) is 0 Å². The number of methoxy groups -OCH3 is 1. The zero-order chi connectivity index (χ0) is 18.7. The number of aryl methyl sites for hydroxylation is 2. The summed E-state index contributed by atoms with van der Waals surface area (Å²) in [5.41, 5.74) is 1.68. The van der Waals surface area contributed by atoms with E-state index in [1.165, 1.54) is 22.2 Å². The van der Waals surface area contributed by atoms with E-state index in [2.05, 4.69) is 10.4 Å². The van der Waals surface area contributed by atoms with Gasteiger partial charge in [-0.05, 0) is 31.2 Å². The number of fused-ring (bicyclic) bond motifs is 1. The predicted molar refractivity (Wildman–Crippen MR) is 99.3 cm³/mol. The van der Waals surface area contributed by atoms with Crippen molar-refractivity contribution in [2.45, 2.75) is 25.7 Å². The van der Waals surface area contributed by atoms with Gasteiger partial charge in [-0.1, -0.05) is 11.6 Å². The molecule has 0 fully saturated rings. The van der Waals surface area contributed by atoms with E-state index in [1.807, 2.05) is 0 Å². The molecule has 0 aliphatic heterocycles. The van der Waals surface area contributed by atoms with Gasteiger partial charge in [-0.2, -0.15) is 5.10 Å². The van der Waals surface area contributed by atoms with Crippen LogP contribution in [0, 0.1) is 0 Å². The van der Waals surface area contributed by atoms with Crippen molar-refractivity contribution in [2.75, 3.05) is 25.6 Å². The molecule has 0 bridgehead atoms. The molecule has 0 spiro atoms. The van der Waals surface area contributed by atoms with Gasteiger partial charge in [0.25, 0.3) is 5.91 Å². The Morgan fingerprint density at radius 2 is 2.12 bits per heavy atom. The molecule has 2 heterocycles. The number of carbonyl (C=O) groups excluding carboxylic acids is 2. The molecule has 140 valence electrons. The highest BCUT2D eigenvalue weighted by Gasteiger charge is 2.28. The minimum Gasteiger partial charge on any atom is -0.460 e. The van der Waals surface area contributed by atoms with Crippen molar-refractivity contribution >= 4 is 39.8 Å². The normalized spacial score (nSPS) is 13.3. The molecule has 0 atom stereocenters. The summed E-state index contributed by atoms with van der Waals surface area (Å²) in [7, 11) is 3.18. The van der Waals surface area contributed by atoms with Gasteiger partial charge in [0, 0.05) is 19.0 Å². The molecule has 7 nitrogen and oxygen atoms in total. The van der Waals surface area contributed by atoms with Crippen molar-refractivity contribution in [2.24, 2.45) is 7.05 Å². The maximum Gasteiger partial charge on any atom is 0.341 e. The third-order valence-electron chi connectivity index (χ3n) is 4.23. The van der Waals surface area contributed by atoms with Crippen LogP contribution in [0.15, 0.2) is 6.20 Å². The largest absolute Gasteiger partial charge is 0.460 e. The van der Waals surface area contributed by atoms with Crippen molar-refractivity contribution < 1.29 is 19.1 Å². The lowest BCUT2D eigenvalue weighted by molar-refractivity contribution is 0.0388. The number of thiophene rings is 1. The zero-order valence-electron chi connectivity index (χ0n) is 14.6. The highest BCUT2D eigenvalue weighted by atomic mass is 35.5. The first-order chi connectivity index (χ1) is 12.5. The van der Waals surface area contributed by atoms with Gasteiger partial charge in [-0.25, -0.2) is 4.79 Å². The minimum atomic E-state index is -0.437. The Labute approximate surface area is 160 Å².